The van der Waals surface area contributed by atoms with Gasteiger partial charge in [-0.15, -0.1) is 0 Å². The highest BCUT2D eigenvalue weighted by molar-refractivity contribution is 9.10. The number of Topliss-reactive ketones (excluding diaryl/α,β-unsaturated/α-hetero) is 1. The lowest BCUT2D eigenvalue weighted by molar-refractivity contribution is -0.384. The van der Waals surface area contributed by atoms with Crippen LogP contribution in [0.25, 0.3) is 0 Å². The van der Waals surface area contributed by atoms with Gasteiger partial charge in [0.05, 0.1) is 16.3 Å². The summed E-state index contributed by atoms with van der Waals surface area (Å²) in [6.07, 6.45) is 0. The first-order valence-electron chi connectivity index (χ1n) is 10.2. The molecule has 2 amide bonds. The van der Waals surface area contributed by atoms with E-state index in [0.29, 0.717) is 16.9 Å². The molecule has 2 aliphatic rings. The van der Waals surface area contributed by atoms with Crippen LogP contribution in [0, 0.1) is 16.0 Å². The lowest BCUT2D eigenvalue weighted by Gasteiger charge is -2.22. The van der Waals surface area contributed by atoms with Gasteiger partial charge in [-0.1, -0.05) is 46.3 Å². The molecule has 2 aliphatic heterocycles. The third-order valence-corrected chi connectivity index (χ3v) is 6.26. The Bertz CT molecular complexity index is 1360. The standard InChI is InChI=1S/C24H15BrN4O5/c25-15-6-8-16(9-7-15)27-23(31)19-20(22(30)14-4-2-1-3-5-14)26-28(21(19)24(27)32)17-10-12-18(13-11-17)29(33)34/h1-13,19,21H/t19-,21-/m0/s1. The topological polar surface area (TPSA) is 113 Å². The fourth-order valence-corrected chi connectivity index (χ4v) is 4.39. The molecule has 2 heterocycles. The monoisotopic (exact) mass is 518 g/mol. The number of fused-ring (bicyclic) bond motifs is 1. The maximum Gasteiger partial charge on any atom is 0.269 e. The highest BCUT2D eigenvalue weighted by Gasteiger charge is 2.58. The third kappa shape index (κ3) is 3.48. The molecule has 0 radical (unpaired) electrons. The zero-order chi connectivity index (χ0) is 24.0. The molecule has 3 aromatic rings. The second kappa shape index (κ2) is 8.31. The average molecular weight is 519 g/mol. The molecule has 2 atom stereocenters. The van der Waals surface area contributed by atoms with E-state index in [9.17, 15) is 24.5 Å². The van der Waals surface area contributed by atoms with Gasteiger partial charge < -0.3 is 0 Å². The summed E-state index contributed by atoms with van der Waals surface area (Å²) in [4.78, 5) is 51.9. The van der Waals surface area contributed by atoms with Crippen LogP contribution in [0.1, 0.15) is 10.4 Å². The van der Waals surface area contributed by atoms with Crippen LogP contribution in [0.4, 0.5) is 17.1 Å². The van der Waals surface area contributed by atoms with Crippen molar-refractivity contribution in [3.8, 4) is 0 Å². The quantitative estimate of drug-likeness (QED) is 0.218. The van der Waals surface area contributed by atoms with E-state index >= 15 is 0 Å². The van der Waals surface area contributed by atoms with E-state index in [4.69, 9.17) is 0 Å². The Morgan fingerprint density at radius 3 is 2.12 bits per heavy atom. The number of hydrogen-bond acceptors (Lipinski definition) is 7. The summed E-state index contributed by atoms with van der Waals surface area (Å²) in [5.41, 5.74) is 0.896. The molecule has 0 aliphatic carbocycles. The summed E-state index contributed by atoms with van der Waals surface area (Å²) in [6, 6.07) is 19.4. The number of carbonyl (C=O) groups is 3. The SMILES string of the molecule is O=C(C1=NN(c2ccc([N+](=O)[O-])cc2)[C@@H]2C(=O)N(c3ccc(Br)cc3)C(=O)[C@@H]12)c1ccccc1. The van der Waals surface area contributed by atoms with Crippen molar-refractivity contribution in [3.05, 3.63) is 99.0 Å². The number of halogens is 1. The minimum Gasteiger partial charge on any atom is -0.287 e. The number of nitro benzene ring substituents is 1. The minimum absolute atomic E-state index is 0.0486. The zero-order valence-electron chi connectivity index (χ0n) is 17.4. The first-order chi connectivity index (χ1) is 16.4. The van der Waals surface area contributed by atoms with E-state index in [1.165, 1.54) is 29.3 Å². The van der Waals surface area contributed by atoms with Gasteiger partial charge >= 0.3 is 0 Å². The van der Waals surface area contributed by atoms with Gasteiger partial charge in [0.2, 0.25) is 11.7 Å². The minimum atomic E-state index is -1.11. The molecule has 10 heteroatoms. The van der Waals surface area contributed by atoms with Gasteiger partial charge in [-0.2, -0.15) is 5.10 Å². The Morgan fingerprint density at radius 1 is 0.882 bits per heavy atom. The van der Waals surface area contributed by atoms with Crippen molar-refractivity contribution < 1.29 is 19.3 Å². The Hall–Kier alpha value is -4.18. The van der Waals surface area contributed by atoms with Crippen molar-refractivity contribution in [1.82, 2.24) is 0 Å². The summed E-state index contributed by atoms with van der Waals surface area (Å²) in [5, 5.41) is 16.7. The van der Waals surface area contributed by atoms with Crippen molar-refractivity contribution in [2.75, 3.05) is 9.91 Å². The molecule has 34 heavy (non-hydrogen) atoms. The molecule has 0 bridgehead atoms. The molecule has 0 saturated carbocycles. The maximum atomic E-state index is 13.5. The third-order valence-electron chi connectivity index (χ3n) is 5.73. The molecule has 0 aromatic heterocycles. The van der Waals surface area contributed by atoms with Crippen LogP contribution < -0.4 is 9.91 Å². The molecular weight excluding hydrogens is 504 g/mol. The number of benzene rings is 3. The number of non-ortho nitro benzene ring substituents is 1. The van der Waals surface area contributed by atoms with Crippen LogP contribution >= 0.6 is 15.9 Å². The van der Waals surface area contributed by atoms with Gasteiger partial charge in [0.15, 0.2) is 0 Å². The smallest absolute Gasteiger partial charge is 0.269 e. The number of hydrazone groups is 1. The molecule has 1 fully saturated rings. The van der Waals surface area contributed by atoms with E-state index in [1.807, 2.05) is 0 Å². The first kappa shape index (κ1) is 21.7. The van der Waals surface area contributed by atoms with E-state index in [2.05, 4.69) is 21.0 Å². The molecule has 5 rings (SSSR count). The normalized spacial score (nSPS) is 19.3. The lowest BCUT2D eigenvalue weighted by Crippen LogP contribution is -2.39. The number of imide groups is 1. The van der Waals surface area contributed by atoms with Gasteiger partial charge in [-0.25, -0.2) is 4.90 Å². The average Bonchev–Trinajstić information content (AvgIpc) is 3.36. The van der Waals surface area contributed by atoms with Crippen molar-refractivity contribution >= 4 is 56.3 Å². The molecule has 0 N–H and O–H groups in total. The molecule has 0 spiro atoms. The van der Waals surface area contributed by atoms with Gasteiger partial charge in [0.25, 0.3) is 11.6 Å². The van der Waals surface area contributed by atoms with Crippen molar-refractivity contribution in [2.24, 2.45) is 11.0 Å². The molecule has 9 nitrogen and oxygen atoms in total. The van der Waals surface area contributed by atoms with E-state index in [1.54, 1.807) is 54.6 Å². The number of amides is 2. The Kier molecular flexibility index (Phi) is 5.29. The zero-order valence-corrected chi connectivity index (χ0v) is 19.0. The van der Waals surface area contributed by atoms with E-state index < -0.39 is 34.5 Å². The number of ketones is 1. The van der Waals surface area contributed by atoms with Gasteiger partial charge in [-0.3, -0.25) is 29.5 Å². The van der Waals surface area contributed by atoms with Crippen molar-refractivity contribution in [3.63, 3.8) is 0 Å². The number of nitro groups is 1. The van der Waals surface area contributed by atoms with Crippen LogP contribution in [-0.4, -0.2) is 34.3 Å². The largest absolute Gasteiger partial charge is 0.287 e. The summed E-state index contributed by atoms with van der Waals surface area (Å²) in [7, 11) is 0. The number of rotatable bonds is 5. The van der Waals surface area contributed by atoms with Crippen LogP contribution in [-0.2, 0) is 9.59 Å². The second-order valence-corrected chi connectivity index (χ2v) is 8.62. The van der Waals surface area contributed by atoms with Crippen LogP contribution in [0.5, 0.6) is 0 Å². The second-order valence-electron chi connectivity index (χ2n) is 7.71. The summed E-state index contributed by atoms with van der Waals surface area (Å²) in [6.45, 7) is 0. The molecule has 1 saturated heterocycles. The fourth-order valence-electron chi connectivity index (χ4n) is 4.12. The number of anilines is 2. The Balaban J connectivity index is 1.60. The van der Waals surface area contributed by atoms with Crippen molar-refractivity contribution in [1.29, 1.82) is 0 Å². The van der Waals surface area contributed by atoms with E-state index in [-0.39, 0.29) is 11.4 Å². The summed E-state index contributed by atoms with van der Waals surface area (Å²) < 4.78 is 0.782. The van der Waals surface area contributed by atoms with E-state index in [0.717, 1.165) is 9.37 Å². The van der Waals surface area contributed by atoms with Gasteiger partial charge in [0, 0.05) is 22.2 Å². The molecular formula is C24H15BrN4O5. The van der Waals surface area contributed by atoms with Crippen LogP contribution in [0.3, 0.4) is 0 Å². The van der Waals surface area contributed by atoms with Crippen LogP contribution in [0.15, 0.2) is 88.4 Å². The van der Waals surface area contributed by atoms with Gasteiger partial charge in [0.1, 0.15) is 17.7 Å². The first-order valence-corrected chi connectivity index (χ1v) is 11.0. The molecule has 3 aromatic carbocycles. The Morgan fingerprint density at radius 2 is 1.50 bits per heavy atom. The fraction of sp³-hybridized carbons (Fsp3) is 0.0833. The van der Waals surface area contributed by atoms with Gasteiger partial charge in [-0.05, 0) is 36.4 Å². The predicted molar refractivity (Wildman–Crippen MR) is 128 cm³/mol. The number of hydrogen-bond donors (Lipinski definition) is 0. The highest BCUT2D eigenvalue weighted by Crippen LogP contribution is 2.39. The number of carbonyl (C=O) groups excluding carboxylic acids is 3. The summed E-state index contributed by atoms with van der Waals surface area (Å²) >= 11 is 3.34. The maximum absolute atomic E-state index is 13.5. The van der Waals surface area contributed by atoms with Crippen LogP contribution in [0.2, 0.25) is 0 Å². The molecule has 168 valence electrons. The number of nitrogens with zero attached hydrogens (tertiary/aromatic N) is 4. The summed E-state index contributed by atoms with van der Waals surface area (Å²) in [5.74, 6) is -2.65. The Labute approximate surface area is 201 Å². The lowest BCUT2D eigenvalue weighted by atomic mass is 9.92. The predicted octanol–water partition coefficient (Wildman–Crippen LogP) is 3.97. The van der Waals surface area contributed by atoms with Crippen molar-refractivity contribution in [2.45, 2.75) is 6.04 Å². The highest BCUT2D eigenvalue weighted by atomic mass is 79.9. The molecule has 0 unspecified atom stereocenters.